The summed E-state index contributed by atoms with van der Waals surface area (Å²) in [5.41, 5.74) is 0. The maximum Gasteiger partial charge on any atom is 0.0960 e. The SMILES string of the molecule is C=COC(=C)CCCCCCCCCC. The van der Waals surface area contributed by atoms with E-state index in [1.54, 1.807) is 0 Å². The first-order chi connectivity index (χ1) is 7.31. The molecule has 0 bridgehead atoms. The van der Waals surface area contributed by atoms with Crippen molar-refractivity contribution >= 4 is 0 Å². The van der Waals surface area contributed by atoms with E-state index in [0.29, 0.717) is 0 Å². The first-order valence-corrected chi connectivity index (χ1v) is 6.26. The van der Waals surface area contributed by atoms with Crippen LogP contribution < -0.4 is 0 Å². The van der Waals surface area contributed by atoms with E-state index in [1.165, 1.54) is 57.6 Å². The van der Waals surface area contributed by atoms with Crippen molar-refractivity contribution in [2.75, 3.05) is 0 Å². The van der Waals surface area contributed by atoms with Crippen LogP contribution in [-0.2, 0) is 4.74 Å². The van der Waals surface area contributed by atoms with Crippen LogP contribution in [0.5, 0.6) is 0 Å². The molecular formula is C14H26O. The molecule has 0 aromatic carbocycles. The van der Waals surface area contributed by atoms with Crippen LogP contribution >= 0.6 is 0 Å². The van der Waals surface area contributed by atoms with Crippen LogP contribution in [-0.4, -0.2) is 0 Å². The van der Waals surface area contributed by atoms with Gasteiger partial charge in [-0.3, -0.25) is 0 Å². The zero-order valence-electron chi connectivity index (χ0n) is 10.3. The van der Waals surface area contributed by atoms with Crippen LogP contribution in [0.15, 0.2) is 25.2 Å². The van der Waals surface area contributed by atoms with E-state index in [-0.39, 0.29) is 0 Å². The number of unbranched alkanes of at least 4 members (excludes halogenated alkanes) is 7. The molecule has 0 aliphatic carbocycles. The summed E-state index contributed by atoms with van der Waals surface area (Å²) in [5, 5.41) is 0. The minimum Gasteiger partial charge on any atom is -0.471 e. The van der Waals surface area contributed by atoms with Crippen LogP contribution in [0.4, 0.5) is 0 Å². The van der Waals surface area contributed by atoms with Crippen molar-refractivity contribution in [2.45, 2.75) is 64.7 Å². The molecule has 1 nitrogen and oxygen atoms in total. The fraction of sp³-hybridized carbons (Fsp3) is 0.714. The molecule has 0 atom stereocenters. The lowest BCUT2D eigenvalue weighted by molar-refractivity contribution is 0.332. The maximum atomic E-state index is 5.07. The molecule has 0 aromatic heterocycles. The minimum absolute atomic E-state index is 0.844. The molecule has 0 radical (unpaired) electrons. The summed E-state index contributed by atoms with van der Waals surface area (Å²) >= 11 is 0. The molecule has 0 amide bonds. The van der Waals surface area contributed by atoms with Crippen molar-refractivity contribution in [1.82, 2.24) is 0 Å². The Bertz CT molecular complexity index is 161. The van der Waals surface area contributed by atoms with E-state index in [0.717, 1.165) is 12.2 Å². The van der Waals surface area contributed by atoms with E-state index in [2.05, 4.69) is 20.1 Å². The van der Waals surface area contributed by atoms with Gasteiger partial charge in [-0.05, 0) is 6.42 Å². The van der Waals surface area contributed by atoms with Crippen LogP contribution in [0.2, 0.25) is 0 Å². The quantitative estimate of drug-likeness (QED) is 0.337. The van der Waals surface area contributed by atoms with Crippen molar-refractivity contribution in [1.29, 1.82) is 0 Å². The largest absolute Gasteiger partial charge is 0.471 e. The highest BCUT2D eigenvalue weighted by atomic mass is 16.5. The second-order valence-corrected chi connectivity index (χ2v) is 4.05. The van der Waals surface area contributed by atoms with Crippen molar-refractivity contribution in [3.05, 3.63) is 25.2 Å². The highest BCUT2D eigenvalue weighted by Crippen LogP contribution is 2.12. The molecule has 88 valence electrons. The van der Waals surface area contributed by atoms with Gasteiger partial charge >= 0.3 is 0 Å². The average molecular weight is 210 g/mol. The first-order valence-electron chi connectivity index (χ1n) is 6.26. The zero-order chi connectivity index (χ0) is 11.4. The van der Waals surface area contributed by atoms with Gasteiger partial charge in [0.05, 0.1) is 12.0 Å². The molecule has 0 unspecified atom stereocenters. The smallest absolute Gasteiger partial charge is 0.0960 e. The van der Waals surface area contributed by atoms with Gasteiger partial charge < -0.3 is 4.74 Å². The van der Waals surface area contributed by atoms with Gasteiger partial charge in [0.1, 0.15) is 0 Å². The lowest BCUT2D eigenvalue weighted by atomic mass is 10.1. The van der Waals surface area contributed by atoms with E-state index in [1.807, 2.05) is 0 Å². The lowest BCUT2D eigenvalue weighted by Crippen LogP contribution is -1.85. The topological polar surface area (TPSA) is 9.23 Å². The van der Waals surface area contributed by atoms with Gasteiger partial charge in [-0.2, -0.15) is 0 Å². The monoisotopic (exact) mass is 210 g/mol. The van der Waals surface area contributed by atoms with Gasteiger partial charge in [0.2, 0.25) is 0 Å². The van der Waals surface area contributed by atoms with Gasteiger partial charge in [0.15, 0.2) is 0 Å². The summed E-state index contributed by atoms with van der Waals surface area (Å²) in [7, 11) is 0. The Balaban J connectivity index is 3.04. The molecule has 0 rings (SSSR count). The van der Waals surface area contributed by atoms with Gasteiger partial charge in [-0.1, -0.05) is 65.0 Å². The standard InChI is InChI=1S/C14H26O/c1-4-6-7-8-9-10-11-12-13-14(3)15-5-2/h5H,2-4,6-13H2,1H3. The van der Waals surface area contributed by atoms with Gasteiger partial charge in [0.25, 0.3) is 0 Å². The minimum atomic E-state index is 0.844. The summed E-state index contributed by atoms with van der Waals surface area (Å²) in [6.07, 6.45) is 13.2. The van der Waals surface area contributed by atoms with Crippen LogP contribution in [0.25, 0.3) is 0 Å². The highest BCUT2D eigenvalue weighted by molar-refractivity contribution is 4.84. The zero-order valence-corrected chi connectivity index (χ0v) is 10.3. The Hall–Kier alpha value is -0.720. The second kappa shape index (κ2) is 11.4. The number of hydrogen-bond acceptors (Lipinski definition) is 1. The van der Waals surface area contributed by atoms with Gasteiger partial charge in [-0.25, -0.2) is 0 Å². The predicted molar refractivity (Wildman–Crippen MR) is 67.6 cm³/mol. The number of ether oxygens (including phenoxy) is 1. The second-order valence-electron chi connectivity index (χ2n) is 4.05. The van der Waals surface area contributed by atoms with E-state index in [4.69, 9.17) is 4.74 Å². The van der Waals surface area contributed by atoms with E-state index < -0.39 is 0 Å². The Morgan fingerprint density at radius 1 is 1.00 bits per heavy atom. The average Bonchev–Trinajstić information content (AvgIpc) is 2.22. The van der Waals surface area contributed by atoms with Crippen molar-refractivity contribution in [3.8, 4) is 0 Å². The first kappa shape index (κ1) is 14.3. The van der Waals surface area contributed by atoms with Crippen LogP contribution in [0, 0.1) is 0 Å². The molecule has 0 aliphatic rings. The molecular weight excluding hydrogens is 184 g/mol. The maximum absolute atomic E-state index is 5.07. The lowest BCUT2D eigenvalue weighted by Gasteiger charge is -2.04. The molecule has 0 fully saturated rings. The molecule has 0 aliphatic heterocycles. The van der Waals surface area contributed by atoms with E-state index >= 15 is 0 Å². The molecule has 0 spiro atoms. The molecule has 0 heterocycles. The summed E-state index contributed by atoms with van der Waals surface area (Å²) in [4.78, 5) is 0. The van der Waals surface area contributed by atoms with Crippen LogP contribution in [0.3, 0.4) is 0 Å². The molecule has 1 heteroatoms. The Labute approximate surface area is 95.2 Å². The normalized spacial score (nSPS) is 9.93. The fourth-order valence-electron chi connectivity index (χ4n) is 1.63. The number of hydrogen-bond donors (Lipinski definition) is 0. The third-order valence-corrected chi connectivity index (χ3v) is 2.56. The van der Waals surface area contributed by atoms with Crippen molar-refractivity contribution in [2.24, 2.45) is 0 Å². The summed E-state index contributed by atoms with van der Waals surface area (Å²) in [5.74, 6) is 0.844. The molecule has 0 N–H and O–H groups in total. The Morgan fingerprint density at radius 2 is 1.53 bits per heavy atom. The predicted octanol–water partition coefficient (Wildman–Crippen LogP) is 5.19. The summed E-state index contributed by atoms with van der Waals surface area (Å²) < 4.78 is 5.07. The molecule has 15 heavy (non-hydrogen) atoms. The fourth-order valence-corrected chi connectivity index (χ4v) is 1.63. The summed E-state index contributed by atoms with van der Waals surface area (Å²) in [6, 6.07) is 0. The Kier molecular flexibility index (Phi) is 10.8. The summed E-state index contributed by atoms with van der Waals surface area (Å²) in [6.45, 7) is 9.57. The third-order valence-electron chi connectivity index (χ3n) is 2.56. The molecule has 0 aromatic rings. The van der Waals surface area contributed by atoms with Crippen molar-refractivity contribution < 1.29 is 4.74 Å². The van der Waals surface area contributed by atoms with Crippen LogP contribution in [0.1, 0.15) is 64.7 Å². The highest BCUT2D eigenvalue weighted by Gasteiger charge is 1.94. The molecule has 0 saturated carbocycles. The third kappa shape index (κ3) is 11.2. The number of rotatable bonds is 11. The van der Waals surface area contributed by atoms with Gasteiger partial charge in [-0.15, -0.1) is 0 Å². The van der Waals surface area contributed by atoms with Crippen molar-refractivity contribution in [3.63, 3.8) is 0 Å². The van der Waals surface area contributed by atoms with E-state index in [9.17, 15) is 0 Å². The Morgan fingerprint density at radius 3 is 2.07 bits per heavy atom. The molecule has 0 saturated heterocycles. The number of allylic oxidation sites excluding steroid dienone is 1. The van der Waals surface area contributed by atoms with Gasteiger partial charge in [0, 0.05) is 6.42 Å².